The summed E-state index contributed by atoms with van der Waals surface area (Å²) in [6.45, 7) is 2.51. The molecule has 1 aliphatic heterocycles. The fraction of sp³-hybridized carbons (Fsp3) is 0.389. The van der Waals surface area contributed by atoms with Crippen LogP contribution in [0.3, 0.4) is 0 Å². The highest BCUT2D eigenvalue weighted by atomic mass is 16.5. The molecule has 2 amide bonds. The largest absolute Gasteiger partial charge is 0.480 e. The van der Waals surface area contributed by atoms with Crippen molar-refractivity contribution in [3.8, 4) is 0 Å². The number of hydrogen-bond donors (Lipinski definition) is 2. The van der Waals surface area contributed by atoms with E-state index in [2.05, 4.69) is 10.5 Å². The summed E-state index contributed by atoms with van der Waals surface area (Å²) in [7, 11) is 1.71. The predicted octanol–water partition coefficient (Wildman–Crippen LogP) is 1.80. The molecule has 0 aliphatic carbocycles. The van der Waals surface area contributed by atoms with E-state index in [0.717, 1.165) is 0 Å². The van der Waals surface area contributed by atoms with Crippen LogP contribution in [0, 0.1) is 0 Å². The Morgan fingerprint density at radius 1 is 1.26 bits per heavy atom. The maximum Gasteiger partial charge on any atom is 0.325 e. The number of ether oxygens (including phenoxy) is 1. The Balaban J connectivity index is 1.66. The number of benzene rings is 1. The van der Waals surface area contributed by atoms with Gasteiger partial charge in [-0.25, -0.2) is 4.79 Å². The minimum absolute atomic E-state index is 0.191. The van der Waals surface area contributed by atoms with Crippen LogP contribution in [0.5, 0.6) is 0 Å². The highest BCUT2D eigenvalue weighted by Crippen LogP contribution is 2.23. The quantitative estimate of drug-likeness (QED) is 0.793. The van der Waals surface area contributed by atoms with Gasteiger partial charge in [0.1, 0.15) is 12.3 Å². The molecule has 2 heterocycles. The summed E-state index contributed by atoms with van der Waals surface area (Å²) < 4.78 is 10.0. The number of urea groups is 1. The average Bonchev–Trinajstić information content (AvgIpc) is 3.16. The summed E-state index contributed by atoms with van der Waals surface area (Å²) in [5, 5.41) is 16.3. The fourth-order valence-electron chi connectivity index (χ4n) is 2.97. The molecule has 3 rings (SSSR count). The van der Waals surface area contributed by atoms with Crippen LogP contribution in [0.1, 0.15) is 17.3 Å². The number of carboxylic acids is 1. The van der Waals surface area contributed by atoms with Gasteiger partial charge in [-0.1, -0.05) is 17.3 Å². The van der Waals surface area contributed by atoms with E-state index in [9.17, 15) is 14.7 Å². The SMILES string of the molecule is CN(Cc1ccon1)[C@@H](C(=O)O)c1ccc(NC(=O)N2CCOCC2)cc1. The molecule has 0 saturated carbocycles. The van der Waals surface area contributed by atoms with Crippen molar-refractivity contribution >= 4 is 17.7 Å². The van der Waals surface area contributed by atoms with Gasteiger partial charge in [-0.3, -0.25) is 9.69 Å². The number of carbonyl (C=O) groups excluding carboxylic acids is 1. The van der Waals surface area contributed by atoms with E-state index in [1.807, 2.05) is 0 Å². The summed E-state index contributed by atoms with van der Waals surface area (Å²) in [6, 6.07) is 7.47. The summed E-state index contributed by atoms with van der Waals surface area (Å²) in [5.74, 6) is -0.967. The molecule has 9 heteroatoms. The lowest BCUT2D eigenvalue weighted by Gasteiger charge is -2.27. The average molecular weight is 374 g/mol. The second-order valence-electron chi connectivity index (χ2n) is 6.30. The maximum absolute atomic E-state index is 12.2. The third-order valence-electron chi connectivity index (χ3n) is 4.35. The van der Waals surface area contributed by atoms with E-state index >= 15 is 0 Å². The first-order valence-electron chi connectivity index (χ1n) is 8.60. The van der Waals surface area contributed by atoms with Crippen LogP contribution in [0.4, 0.5) is 10.5 Å². The van der Waals surface area contributed by atoms with Gasteiger partial charge in [0.25, 0.3) is 0 Å². The predicted molar refractivity (Wildman–Crippen MR) is 96.2 cm³/mol. The molecule has 0 bridgehead atoms. The minimum atomic E-state index is -0.967. The molecule has 2 aromatic rings. The highest BCUT2D eigenvalue weighted by molar-refractivity contribution is 5.89. The molecule has 0 radical (unpaired) electrons. The first-order chi connectivity index (χ1) is 13.0. The maximum atomic E-state index is 12.2. The van der Waals surface area contributed by atoms with Crippen molar-refractivity contribution in [2.24, 2.45) is 0 Å². The standard InChI is InChI=1S/C18H22N4O5/c1-21(12-15-6-9-27-20-15)16(17(23)24)13-2-4-14(5-3-13)19-18(25)22-7-10-26-11-8-22/h2-6,9,16H,7-8,10-12H2,1H3,(H,19,25)(H,23,24)/t16-/m1/s1. The number of aromatic nitrogens is 1. The molecule has 1 aromatic heterocycles. The Bertz CT molecular complexity index is 757. The third kappa shape index (κ3) is 4.83. The van der Waals surface area contributed by atoms with Crippen molar-refractivity contribution in [3.63, 3.8) is 0 Å². The van der Waals surface area contributed by atoms with Gasteiger partial charge in [0.2, 0.25) is 0 Å². The smallest absolute Gasteiger partial charge is 0.325 e. The molecule has 1 aromatic carbocycles. The number of hydrogen-bond acceptors (Lipinski definition) is 6. The van der Waals surface area contributed by atoms with Gasteiger partial charge in [-0.15, -0.1) is 0 Å². The number of rotatable bonds is 6. The lowest BCUT2D eigenvalue weighted by atomic mass is 10.0. The number of likely N-dealkylation sites (N-methyl/N-ethyl adjacent to an activating group) is 1. The van der Waals surface area contributed by atoms with Gasteiger partial charge in [0.05, 0.1) is 18.9 Å². The van der Waals surface area contributed by atoms with Crippen LogP contribution in [0.25, 0.3) is 0 Å². The van der Waals surface area contributed by atoms with Crippen molar-refractivity contribution < 1.29 is 24.0 Å². The van der Waals surface area contributed by atoms with Crippen molar-refractivity contribution in [3.05, 3.63) is 47.9 Å². The molecule has 9 nitrogen and oxygen atoms in total. The molecule has 0 unspecified atom stereocenters. The number of anilines is 1. The lowest BCUT2D eigenvalue weighted by molar-refractivity contribution is -0.143. The Kier molecular flexibility index (Phi) is 6.05. The first-order valence-corrected chi connectivity index (χ1v) is 8.60. The van der Waals surface area contributed by atoms with Gasteiger partial charge in [0, 0.05) is 31.4 Å². The summed E-state index contributed by atoms with van der Waals surface area (Å²) in [6.07, 6.45) is 1.45. The molecule has 1 aliphatic rings. The van der Waals surface area contributed by atoms with Gasteiger partial charge in [-0.2, -0.15) is 0 Å². The monoisotopic (exact) mass is 374 g/mol. The molecule has 1 atom stereocenters. The molecular formula is C18H22N4O5. The van der Waals surface area contributed by atoms with Crippen LogP contribution in [0.2, 0.25) is 0 Å². The van der Waals surface area contributed by atoms with Crippen molar-refractivity contribution in [1.29, 1.82) is 0 Å². The highest BCUT2D eigenvalue weighted by Gasteiger charge is 2.25. The van der Waals surface area contributed by atoms with Crippen molar-refractivity contribution in [2.45, 2.75) is 12.6 Å². The number of aliphatic carboxylic acids is 1. The van der Waals surface area contributed by atoms with Crippen LogP contribution < -0.4 is 5.32 Å². The molecule has 1 saturated heterocycles. The zero-order valence-corrected chi connectivity index (χ0v) is 15.0. The Labute approximate surface area is 156 Å². The topological polar surface area (TPSA) is 108 Å². The van der Waals surface area contributed by atoms with E-state index in [1.165, 1.54) is 6.26 Å². The number of carbonyl (C=O) groups is 2. The van der Waals surface area contributed by atoms with Crippen LogP contribution in [-0.2, 0) is 16.1 Å². The minimum Gasteiger partial charge on any atom is -0.480 e. The molecular weight excluding hydrogens is 352 g/mol. The lowest BCUT2D eigenvalue weighted by Crippen LogP contribution is -2.43. The van der Waals surface area contributed by atoms with E-state index in [-0.39, 0.29) is 6.03 Å². The molecule has 2 N–H and O–H groups in total. The van der Waals surface area contributed by atoms with Crippen LogP contribution >= 0.6 is 0 Å². The van der Waals surface area contributed by atoms with Gasteiger partial charge >= 0.3 is 12.0 Å². The number of nitrogens with zero attached hydrogens (tertiary/aromatic N) is 3. The van der Waals surface area contributed by atoms with Gasteiger partial charge < -0.3 is 24.6 Å². The molecule has 27 heavy (non-hydrogen) atoms. The zero-order valence-electron chi connectivity index (χ0n) is 15.0. The number of nitrogens with one attached hydrogen (secondary N) is 1. The molecule has 0 spiro atoms. The number of carboxylic acid groups (broad SMARTS) is 1. The van der Waals surface area contributed by atoms with E-state index in [1.54, 1.807) is 47.2 Å². The third-order valence-corrected chi connectivity index (χ3v) is 4.35. The Hall–Kier alpha value is -2.91. The van der Waals surface area contributed by atoms with Crippen molar-refractivity contribution in [1.82, 2.24) is 15.0 Å². The fourth-order valence-corrected chi connectivity index (χ4v) is 2.97. The second kappa shape index (κ2) is 8.65. The normalized spacial score (nSPS) is 15.6. The van der Waals surface area contributed by atoms with E-state index in [4.69, 9.17) is 9.26 Å². The van der Waals surface area contributed by atoms with Crippen LogP contribution in [-0.4, -0.2) is 65.4 Å². The zero-order chi connectivity index (χ0) is 19.2. The molecule has 1 fully saturated rings. The van der Waals surface area contributed by atoms with E-state index < -0.39 is 12.0 Å². The van der Waals surface area contributed by atoms with Gasteiger partial charge in [0.15, 0.2) is 0 Å². The first kappa shape index (κ1) is 18.9. The summed E-state index contributed by atoms with van der Waals surface area (Å²) in [5.41, 5.74) is 1.87. The van der Waals surface area contributed by atoms with Crippen LogP contribution in [0.15, 0.2) is 41.1 Å². The van der Waals surface area contributed by atoms with E-state index in [0.29, 0.717) is 49.8 Å². The summed E-state index contributed by atoms with van der Waals surface area (Å²) >= 11 is 0. The Morgan fingerprint density at radius 2 is 1.96 bits per heavy atom. The number of morpholine rings is 1. The Morgan fingerprint density at radius 3 is 2.56 bits per heavy atom. The summed E-state index contributed by atoms with van der Waals surface area (Å²) in [4.78, 5) is 27.3. The number of amides is 2. The van der Waals surface area contributed by atoms with Gasteiger partial charge in [-0.05, 0) is 24.7 Å². The molecule has 144 valence electrons. The van der Waals surface area contributed by atoms with Crippen molar-refractivity contribution in [2.75, 3.05) is 38.7 Å². The second-order valence-corrected chi connectivity index (χ2v) is 6.30.